The van der Waals surface area contributed by atoms with Crippen molar-refractivity contribution >= 4 is 0 Å². The molecule has 1 aliphatic carbocycles. The topological polar surface area (TPSA) is 42.7 Å². The summed E-state index contributed by atoms with van der Waals surface area (Å²) in [7, 11) is 0. The fourth-order valence-electron chi connectivity index (χ4n) is 3.21. The second kappa shape index (κ2) is 4.41. The largest absolute Gasteiger partial charge is 0.317 e. The molecule has 94 valence electrons. The molecule has 2 fully saturated rings. The monoisotopic (exact) mass is 234 g/mol. The van der Waals surface area contributed by atoms with Crippen LogP contribution in [0.15, 0.2) is 6.33 Å². The highest BCUT2D eigenvalue weighted by Crippen LogP contribution is 2.42. The summed E-state index contributed by atoms with van der Waals surface area (Å²) in [6.45, 7) is 4.52. The minimum absolute atomic E-state index is 0.291. The SMILES string of the molecule is CCCC1(c2nncn2C2CC2)CCNCC1. The third-order valence-electron chi connectivity index (χ3n) is 4.28. The number of nitrogens with zero attached hydrogens (tertiary/aromatic N) is 3. The Kier molecular flexibility index (Phi) is 2.90. The molecule has 2 aliphatic rings. The van der Waals surface area contributed by atoms with Crippen molar-refractivity contribution in [2.24, 2.45) is 0 Å². The fourth-order valence-corrected chi connectivity index (χ4v) is 3.21. The van der Waals surface area contributed by atoms with E-state index in [1.54, 1.807) is 0 Å². The van der Waals surface area contributed by atoms with Crippen LogP contribution < -0.4 is 5.32 Å². The van der Waals surface area contributed by atoms with Crippen LogP contribution in [0.5, 0.6) is 0 Å². The molecule has 1 aromatic rings. The molecule has 2 heterocycles. The zero-order valence-corrected chi connectivity index (χ0v) is 10.7. The van der Waals surface area contributed by atoms with E-state index in [0.29, 0.717) is 11.5 Å². The van der Waals surface area contributed by atoms with E-state index < -0.39 is 0 Å². The van der Waals surface area contributed by atoms with E-state index in [0.717, 1.165) is 13.1 Å². The first kappa shape index (κ1) is 11.2. The normalized spacial score (nSPS) is 23.8. The lowest BCUT2D eigenvalue weighted by Crippen LogP contribution is -2.41. The molecule has 0 unspecified atom stereocenters. The highest BCUT2D eigenvalue weighted by atomic mass is 15.3. The molecule has 3 rings (SSSR count). The van der Waals surface area contributed by atoms with Crippen LogP contribution in [-0.4, -0.2) is 27.9 Å². The Bertz CT molecular complexity index is 369. The summed E-state index contributed by atoms with van der Waals surface area (Å²) < 4.78 is 2.36. The van der Waals surface area contributed by atoms with Crippen LogP contribution in [0.4, 0.5) is 0 Å². The van der Waals surface area contributed by atoms with Crippen molar-refractivity contribution < 1.29 is 0 Å². The van der Waals surface area contributed by atoms with Gasteiger partial charge in [0.15, 0.2) is 0 Å². The van der Waals surface area contributed by atoms with Crippen molar-refractivity contribution in [3.63, 3.8) is 0 Å². The number of piperidine rings is 1. The lowest BCUT2D eigenvalue weighted by atomic mass is 9.74. The van der Waals surface area contributed by atoms with Gasteiger partial charge >= 0.3 is 0 Å². The summed E-state index contributed by atoms with van der Waals surface area (Å²) in [5.74, 6) is 1.27. The number of hydrogen-bond acceptors (Lipinski definition) is 3. The Balaban J connectivity index is 1.93. The van der Waals surface area contributed by atoms with Crippen LogP contribution >= 0.6 is 0 Å². The maximum absolute atomic E-state index is 4.48. The summed E-state index contributed by atoms with van der Waals surface area (Å²) in [5.41, 5.74) is 0.291. The minimum Gasteiger partial charge on any atom is -0.317 e. The van der Waals surface area contributed by atoms with Crippen molar-refractivity contribution in [3.8, 4) is 0 Å². The van der Waals surface area contributed by atoms with Crippen LogP contribution in [0.2, 0.25) is 0 Å². The van der Waals surface area contributed by atoms with E-state index >= 15 is 0 Å². The minimum atomic E-state index is 0.291. The third kappa shape index (κ3) is 1.99. The summed E-state index contributed by atoms with van der Waals surface area (Å²) in [6.07, 6.45) is 9.49. The molecular weight excluding hydrogens is 212 g/mol. The molecule has 0 atom stereocenters. The zero-order chi connectivity index (χ0) is 11.7. The summed E-state index contributed by atoms with van der Waals surface area (Å²) >= 11 is 0. The summed E-state index contributed by atoms with van der Waals surface area (Å²) in [5, 5.41) is 12.1. The molecule has 0 aromatic carbocycles. The van der Waals surface area contributed by atoms with Crippen LogP contribution in [0, 0.1) is 0 Å². The molecule has 1 saturated heterocycles. The lowest BCUT2D eigenvalue weighted by Gasteiger charge is -2.36. The zero-order valence-electron chi connectivity index (χ0n) is 10.7. The van der Waals surface area contributed by atoms with Gasteiger partial charge in [0.1, 0.15) is 12.2 Å². The Labute approximate surface area is 103 Å². The van der Waals surface area contributed by atoms with Gasteiger partial charge in [-0.15, -0.1) is 10.2 Å². The van der Waals surface area contributed by atoms with E-state index in [9.17, 15) is 0 Å². The maximum atomic E-state index is 4.48. The number of nitrogens with one attached hydrogen (secondary N) is 1. The number of aromatic nitrogens is 3. The molecule has 0 amide bonds. The van der Waals surface area contributed by atoms with Gasteiger partial charge < -0.3 is 9.88 Å². The van der Waals surface area contributed by atoms with Gasteiger partial charge in [-0.05, 0) is 45.2 Å². The maximum Gasteiger partial charge on any atom is 0.139 e. The van der Waals surface area contributed by atoms with Gasteiger partial charge in [0.25, 0.3) is 0 Å². The molecule has 4 heteroatoms. The van der Waals surface area contributed by atoms with Gasteiger partial charge in [0, 0.05) is 11.5 Å². The first-order valence-corrected chi connectivity index (χ1v) is 6.96. The van der Waals surface area contributed by atoms with Crippen LogP contribution in [0.25, 0.3) is 0 Å². The third-order valence-corrected chi connectivity index (χ3v) is 4.28. The quantitative estimate of drug-likeness (QED) is 0.867. The fraction of sp³-hybridized carbons (Fsp3) is 0.846. The second-order valence-electron chi connectivity index (χ2n) is 5.57. The standard InChI is InChI=1S/C13H22N4/c1-2-5-13(6-8-14-9-7-13)12-16-15-10-17(12)11-3-4-11/h10-11,14H,2-9H2,1H3. The van der Waals surface area contributed by atoms with Gasteiger partial charge in [0.2, 0.25) is 0 Å². The molecule has 1 N–H and O–H groups in total. The molecule has 1 aliphatic heterocycles. The molecule has 1 saturated carbocycles. The molecule has 0 spiro atoms. The van der Waals surface area contributed by atoms with Crippen molar-refractivity contribution in [3.05, 3.63) is 12.2 Å². The smallest absolute Gasteiger partial charge is 0.139 e. The molecule has 17 heavy (non-hydrogen) atoms. The summed E-state index contributed by atoms with van der Waals surface area (Å²) in [4.78, 5) is 0. The molecule has 1 aromatic heterocycles. The average molecular weight is 234 g/mol. The molecule has 4 nitrogen and oxygen atoms in total. The molecule has 0 bridgehead atoms. The Morgan fingerprint density at radius 1 is 1.41 bits per heavy atom. The van der Waals surface area contributed by atoms with Gasteiger partial charge in [-0.1, -0.05) is 13.3 Å². The first-order valence-electron chi connectivity index (χ1n) is 6.96. The highest BCUT2D eigenvalue weighted by molar-refractivity contribution is 5.12. The Morgan fingerprint density at radius 2 is 2.18 bits per heavy atom. The average Bonchev–Trinajstić information content (AvgIpc) is 3.08. The van der Waals surface area contributed by atoms with Crippen molar-refractivity contribution in [2.75, 3.05) is 13.1 Å². The van der Waals surface area contributed by atoms with E-state index in [4.69, 9.17) is 0 Å². The molecular formula is C13H22N4. The number of hydrogen-bond donors (Lipinski definition) is 1. The van der Waals surface area contributed by atoms with E-state index in [2.05, 4.69) is 27.0 Å². The van der Waals surface area contributed by atoms with E-state index in [1.165, 1.54) is 44.3 Å². The highest BCUT2D eigenvalue weighted by Gasteiger charge is 2.39. The van der Waals surface area contributed by atoms with E-state index in [-0.39, 0.29) is 0 Å². The predicted octanol–water partition coefficient (Wildman–Crippen LogP) is 2.03. The number of rotatable bonds is 4. The molecule has 0 radical (unpaired) electrons. The van der Waals surface area contributed by atoms with E-state index in [1.807, 2.05) is 6.33 Å². The lowest BCUT2D eigenvalue weighted by molar-refractivity contribution is 0.261. The van der Waals surface area contributed by atoms with Crippen molar-refractivity contribution in [1.82, 2.24) is 20.1 Å². The predicted molar refractivity (Wildman–Crippen MR) is 67.0 cm³/mol. The van der Waals surface area contributed by atoms with Gasteiger partial charge in [0.05, 0.1) is 0 Å². The Morgan fingerprint density at radius 3 is 2.82 bits per heavy atom. The van der Waals surface area contributed by atoms with Gasteiger partial charge in [-0.25, -0.2) is 0 Å². The summed E-state index contributed by atoms with van der Waals surface area (Å²) in [6, 6.07) is 0.698. The van der Waals surface area contributed by atoms with Crippen molar-refractivity contribution in [1.29, 1.82) is 0 Å². The van der Waals surface area contributed by atoms with Crippen LogP contribution in [0.1, 0.15) is 57.3 Å². The van der Waals surface area contributed by atoms with Crippen LogP contribution in [-0.2, 0) is 5.41 Å². The van der Waals surface area contributed by atoms with Crippen molar-refractivity contribution in [2.45, 2.75) is 56.9 Å². The van der Waals surface area contributed by atoms with Crippen LogP contribution in [0.3, 0.4) is 0 Å². The second-order valence-corrected chi connectivity index (χ2v) is 5.57. The van der Waals surface area contributed by atoms with Gasteiger partial charge in [-0.3, -0.25) is 0 Å². The van der Waals surface area contributed by atoms with Gasteiger partial charge in [-0.2, -0.15) is 0 Å². The Hall–Kier alpha value is -0.900. The first-order chi connectivity index (χ1) is 8.36.